The Labute approximate surface area is 450 Å². The Morgan fingerprint density at radius 2 is 0.653 bits per heavy atom. The monoisotopic (exact) mass is 1010 g/mol. The largest absolute Gasteiger partial charge is 0.466 e. The van der Waals surface area contributed by atoms with Crippen LogP contribution in [0, 0.1) is 0 Å². The van der Waals surface area contributed by atoms with E-state index in [1.165, 1.54) is 289 Å². The minimum absolute atomic E-state index is 0.000674. The molecule has 426 valence electrons. The highest BCUT2D eigenvalue weighted by Gasteiger charge is 2.18. The Balaban J connectivity index is 3.44. The zero-order valence-corrected chi connectivity index (χ0v) is 48.7. The Bertz CT molecular complexity index is 1120. The van der Waals surface area contributed by atoms with Crippen LogP contribution in [0.2, 0.25) is 0 Å². The molecule has 0 aliphatic heterocycles. The maximum Gasteiger partial charge on any atom is 0.305 e. The van der Waals surface area contributed by atoms with Crippen molar-refractivity contribution < 1.29 is 24.5 Å². The van der Waals surface area contributed by atoms with Crippen molar-refractivity contribution in [2.24, 2.45) is 0 Å². The summed E-state index contributed by atoms with van der Waals surface area (Å²) in [7, 11) is 0. The van der Waals surface area contributed by atoms with Gasteiger partial charge in [0.15, 0.2) is 0 Å². The molecule has 0 aromatic carbocycles. The van der Waals surface area contributed by atoms with E-state index in [0.717, 1.165) is 44.9 Å². The second kappa shape index (κ2) is 61.9. The lowest BCUT2D eigenvalue weighted by molar-refractivity contribution is -0.143. The molecule has 0 aromatic heterocycles. The van der Waals surface area contributed by atoms with Crippen molar-refractivity contribution in [1.29, 1.82) is 0 Å². The summed E-state index contributed by atoms with van der Waals surface area (Å²) < 4.78 is 5.48. The lowest BCUT2D eigenvalue weighted by Crippen LogP contribution is -2.45. The van der Waals surface area contributed by atoms with Gasteiger partial charge in [0.1, 0.15) is 0 Å². The fourth-order valence-corrected chi connectivity index (χ4v) is 10.2. The number of rotatable bonds is 61. The maximum absolute atomic E-state index is 12.5. The highest BCUT2D eigenvalue weighted by Crippen LogP contribution is 2.18. The number of nitrogens with one attached hydrogen (secondary N) is 1. The van der Waals surface area contributed by atoms with Crippen molar-refractivity contribution in [2.45, 2.75) is 373 Å². The smallest absolute Gasteiger partial charge is 0.305 e. The fourth-order valence-electron chi connectivity index (χ4n) is 10.2. The van der Waals surface area contributed by atoms with Gasteiger partial charge >= 0.3 is 5.97 Å². The number of carbonyl (C=O) groups excluding carboxylic acids is 2. The molecule has 0 aliphatic carbocycles. The first kappa shape index (κ1) is 70.3. The SMILES string of the molecule is CCCCCCCC/C=C\CCCCCCCC(=O)OCCCCCCCCCCCCCCCCCCCCC(=O)NC(CO)C(O)/C=C/CCCCCCCCCCCCCCCCCCCCCC. The van der Waals surface area contributed by atoms with Gasteiger partial charge in [0.2, 0.25) is 5.91 Å². The molecule has 0 rings (SSSR count). The molecule has 0 radical (unpaired) electrons. The van der Waals surface area contributed by atoms with Crippen LogP contribution in [0.4, 0.5) is 0 Å². The molecule has 0 aromatic rings. The summed E-state index contributed by atoms with van der Waals surface area (Å²) in [6, 6.07) is -0.632. The van der Waals surface area contributed by atoms with Gasteiger partial charge in [-0.15, -0.1) is 0 Å². The van der Waals surface area contributed by atoms with Crippen molar-refractivity contribution in [1.82, 2.24) is 5.32 Å². The predicted molar refractivity (Wildman–Crippen MR) is 315 cm³/mol. The van der Waals surface area contributed by atoms with E-state index < -0.39 is 12.1 Å². The molecule has 2 unspecified atom stereocenters. The third-order valence-corrected chi connectivity index (χ3v) is 15.2. The molecule has 3 N–H and O–H groups in total. The van der Waals surface area contributed by atoms with E-state index in [-0.39, 0.29) is 18.5 Å². The van der Waals surface area contributed by atoms with Crippen molar-refractivity contribution in [3.63, 3.8) is 0 Å². The van der Waals surface area contributed by atoms with Crippen LogP contribution >= 0.6 is 0 Å². The molecule has 0 aliphatic rings. The van der Waals surface area contributed by atoms with Crippen molar-refractivity contribution in [2.75, 3.05) is 13.2 Å². The number of allylic oxidation sites excluding steroid dienone is 3. The highest BCUT2D eigenvalue weighted by molar-refractivity contribution is 5.76. The van der Waals surface area contributed by atoms with Gasteiger partial charge in [0, 0.05) is 12.8 Å². The Morgan fingerprint density at radius 3 is 0.986 bits per heavy atom. The molecule has 0 saturated heterocycles. The molecular weight excluding hydrogens is 887 g/mol. The van der Waals surface area contributed by atoms with Gasteiger partial charge in [-0.1, -0.05) is 314 Å². The second-order valence-corrected chi connectivity index (χ2v) is 22.5. The van der Waals surface area contributed by atoms with Gasteiger partial charge in [-0.05, 0) is 57.8 Å². The molecule has 2 atom stereocenters. The number of unbranched alkanes of at least 4 members (excludes halogenated alkanes) is 48. The fraction of sp³-hybridized carbons (Fsp3) is 0.909. The molecule has 1 amide bonds. The van der Waals surface area contributed by atoms with Crippen molar-refractivity contribution in [3.05, 3.63) is 24.3 Å². The first-order chi connectivity index (χ1) is 35.5. The summed E-state index contributed by atoms with van der Waals surface area (Å²) in [5, 5.41) is 23.2. The van der Waals surface area contributed by atoms with E-state index in [2.05, 4.69) is 31.3 Å². The minimum Gasteiger partial charge on any atom is -0.466 e. The lowest BCUT2D eigenvalue weighted by atomic mass is 10.0. The summed E-state index contributed by atoms with van der Waals surface area (Å²) in [6.45, 7) is 4.92. The van der Waals surface area contributed by atoms with Gasteiger partial charge in [-0.3, -0.25) is 9.59 Å². The average Bonchev–Trinajstić information content (AvgIpc) is 3.38. The standard InChI is InChI=1S/C66H127NO5/c1-3-5-7-9-11-13-15-17-19-20-21-22-23-24-27-31-34-38-42-46-50-54-58-64(69)63(62-68)67-65(70)59-55-51-47-43-39-35-32-28-25-26-29-33-37-41-45-49-53-57-61-72-66(71)60-56-52-48-44-40-36-30-18-16-14-12-10-8-6-4-2/h18,30,54,58,63-64,68-69H,3-17,19-29,31-53,55-57,59-62H2,1-2H3,(H,67,70)/b30-18-,58-54+. The van der Waals surface area contributed by atoms with E-state index in [9.17, 15) is 19.8 Å². The number of aliphatic hydroxyl groups is 2. The van der Waals surface area contributed by atoms with Crippen LogP contribution in [0.3, 0.4) is 0 Å². The Kier molecular flexibility index (Phi) is 60.5. The summed E-state index contributed by atoms with van der Waals surface area (Å²) in [6.07, 6.45) is 76.5. The van der Waals surface area contributed by atoms with Crippen LogP contribution in [0.25, 0.3) is 0 Å². The first-order valence-electron chi connectivity index (χ1n) is 32.6. The third-order valence-electron chi connectivity index (χ3n) is 15.2. The van der Waals surface area contributed by atoms with Gasteiger partial charge in [-0.25, -0.2) is 0 Å². The van der Waals surface area contributed by atoms with E-state index in [1.807, 2.05) is 6.08 Å². The zero-order valence-electron chi connectivity index (χ0n) is 48.7. The van der Waals surface area contributed by atoms with Crippen LogP contribution in [0.1, 0.15) is 361 Å². The number of hydrogen-bond donors (Lipinski definition) is 3. The van der Waals surface area contributed by atoms with Gasteiger partial charge in [0.25, 0.3) is 0 Å². The molecule has 0 fully saturated rings. The number of ether oxygens (including phenoxy) is 1. The maximum atomic E-state index is 12.5. The molecule has 0 bridgehead atoms. The number of hydrogen-bond acceptors (Lipinski definition) is 5. The minimum atomic E-state index is -0.848. The van der Waals surface area contributed by atoms with E-state index in [4.69, 9.17) is 4.74 Å². The van der Waals surface area contributed by atoms with Gasteiger partial charge in [0.05, 0.1) is 25.4 Å². The third kappa shape index (κ3) is 57.6. The number of esters is 1. The summed E-state index contributed by atoms with van der Waals surface area (Å²) in [5.41, 5.74) is 0. The van der Waals surface area contributed by atoms with E-state index in [0.29, 0.717) is 19.4 Å². The van der Waals surface area contributed by atoms with Crippen LogP contribution in [-0.2, 0) is 14.3 Å². The van der Waals surface area contributed by atoms with Gasteiger partial charge in [-0.2, -0.15) is 0 Å². The molecule has 72 heavy (non-hydrogen) atoms. The molecule has 0 spiro atoms. The average molecular weight is 1010 g/mol. The molecule has 0 heterocycles. The molecule has 6 nitrogen and oxygen atoms in total. The predicted octanol–water partition coefficient (Wildman–Crippen LogP) is 20.6. The normalized spacial score (nSPS) is 12.7. The van der Waals surface area contributed by atoms with Gasteiger partial charge < -0.3 is 20.3 Å². The van der Waals surface area contributed by atoms with Crippen LogP contribution < -0.4 is 5.32 Å². The molecule has 6 heteroatoms. The van der Waals surface area contributed by atoms with Crippen molar-refractivity contribution in [3.8, 4) is 0 Å². The summed E-state index contributed by atoms with van der Waals surface area (Å²) in [4.78, 5) is 24.6. The topological polar surface area (TPSA) is 95.9 Å². The zero-order chi connectivity index (χ0) is 52.2. The van der Waals surface area contributed by atoms with E-state index >= 15 is 0 Å². The molecular formula is C66H127NO5. The summed E-state index contributed by atoms with van der Waals surface area (Å²) >= 11 is 0. The second-order valence-electron chi connectivity index (χ2n) is 22.5. The van der Waals surface area contributed by atoms with Crippen LogP contribution in [0.15, 0.2) is 24.3 Å². The molecule has 0 saturated carbocycles. The lowest BCUT2D eigenvalue weighted by Gasteiger charge is -2.20. The van der Waals surface area contributed by atoms with Crippen LogP contribution in [0.5, 0.6) is 0 Å². The highest BCUT2D eigenvalue weighted by atomic mass is 16.5. The Hall–Kier alpha value is -1.66. The van der Waals surface area contributed by atoms with E-state index in [1.54, 1.807) is 6.08 Å². The van der Waals surface area contributed by atoms with Crippen LogP contribution in [-0.4, -0.2) is 47.4 Å². The summed E-state index contributed by atoms with van der Waals surface area (Å²) in [5.74, 6) is -0.0692. The Morgan fingerprint density at radius 1 is 0.375 bits per heavy atom. The number of amides is 1. The number of aliphatic hydroxyl groups excluding tert-OH is 2. The quantitative estimate of drug-likeness (QED) is 0.0320. The van der Waals surface area contributed by atoms with Crippen molar-refractivity contribution >= 4 is 11.9 Å². The number of carbonyl (C=O) groups is 2. The first-order valence-corrected chi connectivity index (χ1v) is 32.6.